The molecule has 0 spiro atoms. The van der Waals surface area contributed by atoms with E-state index in [0.29, 0.717) is 18.7 Å². The molecule has 3 aromatic carbocycles. The van der Waals surface area contributed by atoms with Crippen molar-refractivity contribution in [3.63, 3.8) is 0 Å². The van der Waals surface area contributed by atoms with E-state index in [4.69, 9.17) is 4.74 Å². The normalized spacial score (nSPS) is 15.2. The number of para-hydroxylation sites is 1. The maximum Gasteiger partial charge on any atom is 0.269 e. The SMILES string of the molecule is Cc1ccc(N2NC/C(=C/c3ccccc3OCc3ccccc3)C2=O)cc1. The second-order valence-electron chi connectivity index (χ2n) is 6.79. The molecule has 0 radical (unpaired) electrons. The molecule has 1 amide bonds. The third kappa shape index (κ3) is 3.97. The summed E-state index contributed by atoms with van der Waals surface area (Å²) in [5.41, 5.74) is 7.88. The molecule has 28 heavy (non-hydrogen) atoms. The average molecular weight is 370 g/mol. The van der Waals surface area contributed by atoms with Crippen LogP contribution in [0.2, 0.25) is 0 Å². The van der Waals surface area contributed by atoms with Crippen molar-refractivity contribution >= 4 is 17.7 Å². The molecule has 3 aromatic rings. The number of hydrogen-bond acceptors (Lipinski definition) is 3. The van der Waals surface area contributed by atoms with Crippen LogP contribution in [0.3, 0.4) is 0 Å². The maximum absolute atomic E-state index is 12.8. The summed E-state index contributed by atoms with van der Waals surface area (Å²) in [6.45, 7) is 3.00. The maximum atomic E-state index is 12.8. The highest BCUT2D eigenvalue weighted by Gasteiger charge is 2.27. The van der Waals surface area contributed by atoms with Gasteiger partial charge in [0, 0.05) is 17.7 Å². The second kappa shape index (κ2) is 8.11. The Bertz CT molecular complexity index is 995. The Balaban J connectivity index is 1.53. The first kappa shape index (κ1) is 18.0. The molecular formula is C24H22N2O2. The number of amides is 1. The summed E-state index contributed by atoms with van der Waals surface area (Å²) in [7, 11) is 0. The Morgan fingerprint density at radius 3 is 2.46 bits per heavy atom. The Hall–Kier alpha value is -3.37. The fraction of sp³-hybridized carbons (Fsp3) is 0.125. The third-order valence-electron chi connectivity index (χ3n) is 4.68. The van der Waals surface area contributed by atoms with E-state index in [1.165, 1.54) is 0 Å². The van der Waals surface area contributed by atoms with Crippen molar-refractivity contribution in [3.05, 3.63) is 101 Å². The number of hydrogen-bond donors (Lipinski definition) is 1. The summed E-state index contributed by atoms with van der Waals surface area (Å²) in [6.07, 6.45) is 1.91. The lowest BCUT2D eigenvalue weighted by Gasteiger charge is -2.15. The van der Waals surface area contributed by atoms with Crippen LogP contribution in [0.15, 0.2) is 84.4 Å². The molecule has 0 aromatic heterocycles. The van der Waals surface area contributed by atoms with Gasteiger partial charge in [-0.1, -0.05) is 66.2 Å². The predicted octanol–water partition coefficient (Wildman–Crippen LogP) is 4.51. The molecule has 4 nitrogen and oxygen atoms in total. The van der Waals surface area contributed by atoms with Gasteiger partial charge in [-0.2, -0.15) is 0 Å². The van der Waals surface area contributed by atoms with E-state index in [9.17, 15) is 4.79 Å². The van der Waals surface area contributed by atoms with Crippen LogP contribution in [0.5, 0.6) is 5.75 Å². The Labute approximate surface area is 165 Å². The molecule has 1 N–H and O–H groups in total. The van der Waals surface area contributed by atoms with Crippen molar-refractivity contribution in [2.45, 2.75) is 13.5 Å². The fourth-order valence-electron chi connectivity index (χ4n) is 3.12. The number of carbonyl (C=O) groups is 1. The average Bonchev–Trinajstić information content (AvgIpc) is 3.09. The van der Waals surface area contributed by atoms with E-state index in [-0.39, 0.29) is 5.91 Å². The topological polar surface area (TPSA) is 41.6 Å². The van der Waals surface area contributed by atoms with Crippen molar-refractivity contribution in [2.75, 3.05) is 11.6 Å². The molecule has 0 unspecified atom stereocenters. The van der Waals surface area contributed by atoms with Crippen molar-refractivity contribution in [3.8, 4) is 5.75 Å². The lowest BCUT2D eigenvalue weighted by atomic mass is 10.1. The molecule has 1 saturated heterocycles. The minimum Gasteiger partial charge on any atom is -0.488 e. The van der Waals surface area contributed by atoms with Crippen molar-refractivity contribution in [2.24, 2.45) is 0 Å². The fourth-order valence-corrected chi connectivity index (χ4v) is 3.12. The standard InChI is InChI=1S/C24H22N2O2/c1-18-11-13-22(14-12-18)26-24(27)21(16-25-26)15-20-9-5-6-10-23(20)28-17-19-7-3-2-4-8-19/h2-15,25H,16-17H2,1H3/b21-15-. The monoisotopic (exact) mass is 370 g/mol. The summed E-state index contributed by atoms with van der Waals surface area (Å²) in [6, 6.07) is 25.7. The van der Waals surface area contributed by atoms with E-state index in [1.54, 1.807) is 5.01 Å². The van der Waals surface area contributed by atoms with Crippen molar-refractivity contribution in [1.29, 1.82) is 0 Å². The van der Waals surface area contributed by atoms with Crippen molar-refractivity contribution in [1.82, 2.24) is 5.43 Å². The predicted molar refractivity (Wildman–Crippen MR) is 112 cm³/mol. The number of anilines is 1. The van der Waals surface area contributed by atoms with Crippen LogP contribution in [0.1, 0.15) is 16.7 Å². The second-order valence-corrected chi connectivity index (χ2v) is 6.79. The molecule has 4 rings (SSSR count). The Morgan fingerprint density at radius 2 is 1.68 bits per heavy atom. The Kier molecular flexibility index (Phi) is 5.22. The van der Waals surface area contributed by atoms with E-state index in [0.717, 1.165) is 28.1 Å². The highest BCUT2D eigenvalue weighted by atomic mass is 16.5. The van der Waals surface area contributed by atoms with E-state index < -0.39 is 0 Å². The zero-order chi connectivity index (χ0) is 19.3. The summed E-state index contributed by atoms with van der Waals surface area (Å²) in [4.78, 5) is 12.8. The Morgan fingerprint density at radius 1 is 0.964 bits per heavy atom. The lowest BCUT2D eigenvalue weighted by Crippen LogP contribution is -2.34. The van der Waals surface area contributed by atoms with Crippen molar-refractivity contribution < 1.29 is 9.53 Å². The summed E-state index contributed by atoms with van der Waals surface area (Å²) in [5.74, 6) is 0.724. The van der Waals surface area contributed by atoms with Gasteiger partial charge < -0.3 is 4.74 Å². The molecule has 1 aliphatic rings. The number of aryl methyl sites for hydroxylation is 1. The summed E-state index contributed by atoms with van der Waals surface area (Å²) < 4.78 is 6.00. The minimum atomic E-state index is -0.0401. The van der Waals surface area contributed by atoms with Gasteiger partial charge in [0.15, 0.2) is 0 Å². The van der Waals surface area contributed by atoms with Gasteiger partial charge in [-0.25, -0.2) is 10.4 Å². The summed E-state index contributed by atoms with van der Waals surface area (Å²) >= 11 is 0. The molecule has 0 bridgehead atoms. The van der Waals surface area contributed by atoms with Gasteiger partial charge in [0.1, 0.15) is 12.4 Å². The molecular weight excluding hydrogens is 348 g/mol. The number of ether oxygens (including phenoxy) is 1. The molecule has 140 valence electrons. The molecule has 1 fully saturated rings. The quantitative estimate of drug-likeness (QED) is 0.672. The number of nitrogens with one attached hydrogen (secondary N) is 1. The minimum absolute atomic E-state index is 0.0401. The number of hydrazine groups is 1. The molecule has 4 heteroatoms. The highest BCUT2D eigenvalue weighted by molar-refractivity contribution is 6.10. The zero-order valence-corrected chi connectivity index (χ0v) is 15.8. The van der Waals surface area contributed by atoms with Gasteiger partial charge in [-0.05, 0) is 36.8 Å². The van der Waals surface area contributed by atoms with Crippen LogP contribution in [-0.4, -0.2) is 12.5 Å². The number of nitrogens with zero attached hydrogens (tertiary/aromatic N) is 1. The van der Waals surface area contributed by atoms with Crippen LogP contribution in [0.4, 0.5) is 5.69 Å². The summed E-state index contributed by atoms with van der Waals surface area (Å²) in [5, 5.41) is 1.60. The van der Waals surface area contributed by atoms with E-state index in [1.807, 2.05) is 91.9 Å². The first-order chi connectivity index (χ1) is 13.7. The molecule has 0 saturated carbocycles. The molecule has 1 aliphatic heterocycles. The van der Waals surface area contributed by atoms with Crippen LogP contribution in [0.25, 0.3) is 6.08 Å². The van der Waals surface area contributed by atoms with Crippen LogP contribution in [-0.2, 0) is 11.4 Å². The molecule has 0 atom stereocenters. The zero-order valence-electron chi connectivity index (χ0n) is 15.8. The smallest absolute Gasteiger partial charge is 0.269 e. The van der Waals surface area contributed by atoms with Crippen LogP contribution in [0, 0.1) is 6.92 Å². The highest BCUT2D eigenvalue weighted by Crippen LogP contribution is 2.25. The van der Waals surface area contributed by atoms with E-state index >= 15 is 0 Å². The number of benzene rings is 3. The number of carbonyl (C=O) groups excluding carboxylic acids is 1. The van der Waals surface area contributed by atoms with E-state index in [2.05, 4.69) is 5.43 Å². The first-order valence-corrected chi connectivity index (χ1v) is 9.32. The van der Waals surface area contributed by atoms with Gasteiger partial charge in [0.2, 0.25) is 0 Å². The molecule has 1 heterocycles. The van der Waals surface area contributed by atoms with Gasteiger partial charge in [0.05, 0.1) is 5.69 Å². The number of rotatable bonds is 5. The lowest BCUT2D eigenvalue weighted by molar-refractivity contribution is -0.114. The van der Waals surface area contributed by atoms with Crippen LogP contribution >= 0.6 is 0 Å². The third-order valence-corrected chi connectivity index (χ3v) is 4.68. The van der Waals surface area contributed by atoms with Gasteiger partial charge in [-0.15, -0.1) is 0 Å². The van der Waals surface area contributed by atoms with Gasteiger partial charge >= 0.3 is 0 Å². The first-order valence-electron chi connectivity index (χ1n) is 9.32. The largest absolute Gasteiger partial charge is 0.488 e. The van der Waals surface area contributed by atoms with Crippen LogP contribution < -0.4 is 15.2 Å². The van der Waals surface area contributed by atoms with Gasteiger partial charge in [0.25, 0.3) is 5.91 Å². The molecule has 0 aliphatic carbocycles. The van der Waals surface area contributed by atoms with Gasteiger partial charge in [-0.3, -0.25) is 4.79 Å².